The molecule has 15 heavy (non-hydrogen) atoms. The zero-order valence-corrected chi connectivity index (χ0v) is 8.24. The predicted octanol–water partition coefficient (Wildman–Crippen LogP) is 1.30. The van der Waals surface area contributed by atoms with Gasteiger partial charge in [-0.2, -0.15) is 0 Å². The van der Waals surface area contributed by atoms with E-state index in [0.29, 0.717) is 0 Å². The first kappa shape index (κ1) is 13.5. The Morgan fingerprint density at radius 3 is 2.33 bits per heavy atom. The van der Waals surface area contributed by atoms with Gasteiger partial charge in [-0.05, 0) is 6.92 Å². The second-order valence-corrected chi connectivity index (χ2v) is 2.42. The standard InChI is InChI=1S/C9H12F2O4/c1-2-14-8(12)9(13)15-6-4-3-5-7(10)11/h3-4,7H,2,5-6H2,1H3/b4-3+. The molecule has 0 spiro atoms. The minimum absolute atomic E-state index is 0.0785. The highest BCUT2D eigenvalue weighted by molar-refractivity contribution is 6.29. The largest absolute Gasteiger partial charge is 0.458 e. The number of hydrogen-bond donors (Lipinski definition) is 0. The molecule has 0 aromatic rings. The maximum absolute atomic E-state index is 11.6. The SMILES string of the molecule is CCOC(=O)C(=O)OC/C=C/CC(F)F. The maximum Gasteiger partial charge on any atom is 0.417 e. The second-order valence-electron chi connectivity index (χ2n) is 2.42. The lowest BCUT2D eigenvalue weighted by Crippen LogP contribution is -2.20. The van der Waals surface area contributed by atoms with Gasteiger partial charge in [-0.1, -0.05) is 12.2 Å². The van der Waals surface area contributed by atoms with Gasteiger partial charge in [0.2, 0.25) is 6.43 Å². The lowest BCUT2D eigenvalue weighted by molar-refractivity contribution is -0.166. The zero-order chi connectivity index (χ0) is 11.7. The minimum Gasteiger partial charge on any atom is -0.458 e. The van der Waals surface area contributed by atoms with Crippen LogP contribution in [0.5, 0.6) is 0 Å². The molecule has 0 amide bonds. The van der Waals surface area contributed by atoms with Crippen molar-refractivity contribution in [2.75, 3.05) is 13.2 Å². The summed E-state index contributed by atoms with van der Waals surface area (Å²) in [5.41, 5.74) is 0. The summed E-state index contributed by atoms with van der Waals surface area (Å²) >= 11 is 0. The van der Waals surface area contributed by atoms with Crippen molar-refractivity contribution in [3.63, 3.8) is 0 Å². The fourth-order valence-corrected chi connectivity index (χ4v) is 0.640. The Hall–Kier alpha value is -1.46. The summed E-state index contributed by atoms with van der Waals surface area (Å²) in [5.74, 6) is -2.21. The van der Waals surface area contributed by atoms with E-state index in [1.54, 1.807) is 6.92 Å². The van der Waals surface area contributed by atoms with E-state index in [0.717, 1.165) is 0 Å². The molecule has 0 unspecified atom stereocenters. The topological polar surface area (TPSA) is 52.6 Å². The number of carbonyl (C=O) groups is 2. The van der Waals surface area contributed by atoms with Crippen LogP contribution in [-0.2, 0) is 19.1 Å². The molecule has 86 valence electrons. The quantitative estimate of drug-likeness (QED) is 0.399. The summed E-state index contributed by atoms with van der Waals surface area (Å²) in [5, 5.41) is 0. The molecule has 0 aliphatic rings. The Bertz CT molecular complexity index is 238. The highest BCUT2D eigenvalue weighted by atomic mass is 19.3. The molecule has 0 radical (unpaired) electrons. The van der Waals surface area contributed by atoms with E-state index in [4.69, 9.17) is 0 Å². The molecule has 0 bridgehead atoms. The van der Waals surface area contributed by atoms with Gasteiger partial charge in [-0.3, -0.25) is 0 Å². The van der Waals surface area contributed by atoms with Crippen molar-refractivity contribution < 1.29 is 27.8 Å². The number of carbonyl (C=O) groups excluding carboxylic acids is 2. The molecule has 4 nitrogen and oxygen atoms in total. The highest BCUT2D eigenvalue weighted by Gasteiger charge is 2.15. The Balaban J connectivity index is 3.63. The molecule has 6 heteroatoms. The third-order valence-electron chi connectivity index (χ3n) is 1.23. The Morgan fingerprint density at radius 1 is 1.20 bits per heavy atom. The van der Waals surface area contributed by atoms with E-state index in [-0.39, 0.29) is 13.2 Å². The summed E-state index contributed by atoms with van der Waals surface area (Å²) in [6.45, 7) is 1.41. The van der Waals surface area contributed by atoms with Gasteiger partial charge in [0.15, 0.2) is 0 Å². The van der Waals surface area contributed by atoms with Crippen molar-refractivity contribution >= 4 is 11.9 Å². The molecule has 0 rings (SSSR count). The fraction of sp³-hybridized carbons (Fsp3) is 0.556. The summed E-state index contributed by atoms with van der Waals surface area (Å²) < 4.78 is 32.0. The lowest BCUT2D eigenvalue weighted by atomic mass is 10.4. The number of allylic oxidation sites excluding steroid dienone is 1. The van der Waals surface area contributed by atoms with Crippen LogP contribution >= 0.6 is 0 Å². The van der Waals surface area contributed by atoms with Gasteiger partial charge in [0.05, 0.1) is 6.61 Å². The van der Waals surface area contributed by atoms with Gasteiger partial charge >= 0.3 is 11.9 Å². The van der Waals surface area contributed by atoms with Gasteiger partial charge in [0, 0.05) is 6.42 Å². The number of hydrogen-bond acceptors (Lipinski definition) is 4. The van der Waals surface area contributed by atoms with Crippen LogP contribution in [0, 0.1) is 0 Å². The summed E-state index contributed by atoms with van der Waals surface area (Å²) in [6.07, 6.45) is -0.425. The highest BCUT2D eigenvalue weighted by Crippen LogP contribution is 1.99. The van der Waals surface area contributed by atoms with Gasteiger partial charge in [0.25, 0.3) is 0 Å². The molecule has 0 aromatic carbocycles. The number of rotatable bonds is 5. The van der Waals surface area contributed by atoms with Crippen LogP contribution in [0.15, 0.2) is 12.2 Å². The lowest BCUT2D eigenvalue weighted by Gasteiger charge is -2.00. The monoisotopic (exact) mass is 222 g/mol. The molecule has 0 saturated heterocycles. The molecular formula is C9H12F2O4. The Morgan fingerprint density at radius 2 is 1.80 bits per heavy atom. The van der Waals surface area contributed by atoms with Crippen molar-refractivity contribution in [1.82, 2.24) is 0 Å². The molecule has 0 aliphatic carbocycles. The van der Waals surface area contributed by atoms with E-state index in [1.807, 2.05) is 0 Å². The van der Waals surface area contributed by atoms with E-state index < -0.39 is 24.8 Å². The average molecular weight is 222 g/mol. The first-order valence-corrected chi connectivity index (χ1v) is 4.35. The van der Waals surface area contributed by atoms with Crippen molar-refractivity contribution in [3.8, 4) is 0 Å². The number of alkyl halides is 2. The van der Waals surface area contributed by atoms with Gasteiger partial charge in [-0.25, -0.2) is 18.4 Å². The van der Waals surface area contributed by atoms with Crippen LogP contribution in [-0.4, -0.2) is 31.6 Å². The van der Waals surface area contributed by atoms with Crippen molar-refractivity contribution in [3.05, 3.63) is 12.2 Å². The van der Waals surface area contributed by atoms with E-state index >= 15 is 0 Å². The average Bonchev–Trinajstić information content (AvgIpc) is 2.16. The summed E-state index contributed by atoms with van der Waals surface area (Å²) in [4.78, 5) is 21.4. The van der Waals surface area contributed by atoms with Crippen LogP contribution < -0.4 is 0 Å². The zero-order valence-electron chi connectivity index (χ0n) is 8.24. The van der Waals surface area contributed by atoms with Crippen molar-refractivity contribution in [1.29, 1.82) is 0 Å². The molecule has 0 aromatic heterocycles. The normalized spacial score (nSPS) is 10.7. The van der Waals surface area contributed by atoms with E-state index in [1.165, 1.54) is 12.2 Å². The molecule has 0 aliphatic heterocycles. The Kier molecular flexibility index (Phi) is 7.13. The van der Waals surface area contributed by atoms with Crippen LogP contribution in [0.1, 0.15) is 13.3 Å². The van der Waals surface area contributed by atoms with Gasteiger partial charge in [0.1, 0.15) is 6.61 Å². The van der Waals surface area contributed by atoms with E-state index in [2.05, 4.69) is 9.47 Å². The summed E-state index contributed by atoms with van der Waals surface area (Å²) in [6, 6.07) is 0. The van der Waals surface area contributed by atoms with Crippen LogP contribution in [0.25, 0.3) is 0 Å². The van der Waals surface area contributed by atoms with Crippen molar-refractivity contribution in [2.45, 2.75) is 19.8 Å². The fourth-order valence-electron chi connectivity index (χ4n) is 0.640. The first-order chi connectivity index (χ1) is 7.07. The molecule has 0 saturated carbocycles. The first-order valence-electron chi connectivity index (χ1n) is 4.35. The molecule has 0 fully saturated rings. The van der Waals surface area contributed by atoms with Gasteiger partial charge in [-0.15, -0.1) is 0 Å². The summed E-state index contributed by atoms with van der Waals surface area (Å²) in [7, 11) is 0. The number of esters is 2. The van der Waals surface area contributed by atoms with E-state index in [9.17, 15) is 18.4 Å². The predicted molar refractivity (Wildman–Crippen MR) is 47.4 cm³/mol. The third kappa shape index (κ3) is 7.60. The minimum atomic E-state index is -2.43. The van der Waals surface area contributed by atoms with Crippen LogP contribution in [0.2, 0.25) is 0 Å². The molecule has 0 atom stereocenters. The number of ether oxygens (including phenoxy) is 2. The van der Waals surface area contributed by atoms with Crippen molar-refractivity contribution in [2.24, 2.45) is 0 Å². The second kappa shape index (κ2) is 7.90. The smallest absolute Gasteiger partial charge is 0.417 e. The van der Waals surface area contributed by atoms with Crippen LogP contribution in [0.3, 0.4) is 0 Å². The molecular weight excluding hydrogens is 210 g/mol. The maximum atomic E-state index is 11.6. The van der Waals surface area contributed by atoms with Crippen LogP contribution in [0.4, 0.5) is 8.78 Å². The number of halogens is 2. The third-order valence-corrected chi connectivity index (χ3v) is 1.23. The Labute approximate surface area is 85.9 Å². The molecule has 0 heterocycles. The van der Waals surface area contributed by atoms with Gasteiger partial charge < -0.3 is 9.47 Å². The molecule has 0 N–H and O–H groups in total.